The van der Waals surface area contributed by atoms with Crippen LogP contribution in [0, 0.1) is 12.7 Å². The minimum absolute atomic E-state index is 0.270. The molecule has 0 aliphatic rings. The number of benzene rings is 1. The Labute approximate surface area is 99.7 Å². The Morgan fingerprint density at radius 2 is 2.00 bits per heavy atom. The highest BCUT2D eigenvalue weighted by molar-refractivity contribution is 5.63. The number of aryl methyl sites for hydroxylation is 1. The Balaban J connectivity index is 2.48. The van der Waals surface area contributed by atoms with Crippen molar-refractivity contribution in [1.29, 1.82) is 0 Å². The largest absolute Gasteiger partial charge is 0.370 e. The van der Waals surface area contributed by atoms with E-state index in [0.717, 1.165) is 12.4 Å². The van der Waals surface area contributed by atoms with E-state index in [1.807, 2.05) is 6.92 Å². The van der Waals surface area contributed by atoms with Crippen molar-refractivity contribution in [3.05, 3.63) is 42.0 Å². The molecule has 0 fully saturated rings. The number of nitrogens with zero attached hydrogens (tertiary/aromatic N) is 2. The van der Waals surface area contributed by atoms with Crippen LogP contribution >= 0.6 is 0 Å². The van der Waals surface area contributed by atoms with Crippen molar-refractivity contribution in [3.63, 3.8) is 0 Å². The van der Waals surface area contributed by atoms with Crippen molar-refractivity contribution in [3.8, 4) is 11.3 Å². The van der Waals surface area contributed by atoms with Gasteiger partial charge in [-0.05, 0) is 26.0 Å². The van der Waals surface area contributed by atoms with Crippen molar-refractivity contribution in [2.75, 3.05) is 11.9 Å². The van der Waals surface area contributed by atoms with E-state index >= 15 is 0 Å². The first kappa shape index (κ1) is 11.5. The van der Waals surface area contributed by atoms with Crippen LogP contribution in [0.2, 0.25) is 0 Å². The van der Waals surface area contributed by atoms with E-state index in [1.54, 1.807) is 31.2 Å². The zero-order valence-electron chi connectivity index (χ0n) is 9.87. The van der Waals surface area contributed by atoms with Crippen LogP contribution in [0.15, 0.2) is 30.3 Å². The van der Waals surface area contributed by atoms with Crippen LogP contribution in [0.4, 0.5) is 10.2 Å². The Kier molecular flexibility index (Phi) is 3.32. The van der Waals surface area contributed by atoms with Crippen molar-refractivity contribution < 1.29 is 4.39 Å². The summed E-state index contributed by atoms with van der Waals surface area (Å²) in [5, 5.41) is 3.10. The van der Waals surface area contributed by atoms with E-state index in [0.29, 0.717) is 17.1 Å². The normalized spacial score (nSPS) is 10.3. The lowest BCUT2D eigenvalue weighted by Gasteiger charge is -2.07. The lowest BCUT2D eigenvalue weighted by Crippen LogP contribution is -2.02. The zero-order valence-corrected chi connectivity index (χ0v) is 9.87. The Hall–Kier alpha value is -1.97. The van der Waals surface area contributed by atoms with Crippen molar-refractivity contribution in [1.82, 2.24) is 9.97 Å². The topological polar surface area (TPSA) is 37.8 Å². The van der Waals surface area contributed by atoms with Gasteiger partial charge >= 0.3 is 0 Å². The quantitative estimate of drug-likeness (QED) is 0.882. The van der Waals surface area contributed by atoms with E-state index in [-0.39, 0.29) is 5.82 Å². The molecule has 2 rings (SSSR count). The zero-order chi connectivity index (χ0) is 12.3. The van der Waals surface area contributed by atoms with Gasteiger partial charge in [-0.15, -0.1) is 0 Å². The fraction of sp³-hybridized carbons (Fsp3) is 0.231. The summed E-state index contributed by atoms with van der Waals surface area (Å²) in [6, 6.07) is 8.36. The molecular weight excluding hydrogens is 217 g/mol. The van der Waals surface area contributed by atoms with E-state index in [2.05, 4.69) is 15.3 Å². The number of nitrogens with one attached hydrogen (secondary N) is 1. The summed E-state index contributed by atoms with van der Waals surface area (Å²) >= 11 is 0. The van der Waals surface area contributed by atoms with Crippen LogP contribution in [0.25, 0.3) is 11.3 Å². The molecule has 0 atom stereocenters. The molecular formula is C13H14FN3. The lowest BCUT2D eigenvalue weighted by molar-refractivity contribution is 0.630. The number of rotatable bonds is 3. The predicted molar refractivity (Wildman–Crippen MR) is 66.3 cm³/mol. The molecule has 1 heterocycles. The standard InChI is InChI=1S/C13H14FN3/c1-3-15-13-8-12(16-9(2)17-13)10-6-4-5-7-11(10)14/h4-8H,3H2,1-2H3,(H,15,16,17). The highest BCUT2D eigenvalue weighted by Gasteiger charge is 2.07. The van der Waals surface area contributed by atoms with Crippen molar-refractivity contribution in [2.45, 2.75) is 13.8 Å². The van der Waals surface area contributed by atoms with Crippen LogP contribution in [-0.2, 0) is 0 Å². The molecule has 1 N–H and O–H groups in total. The maximum absolute atomic E-state index is 13.6. The molecule has 0 bridgehead atoms. The van der Waals surface area contributed by atoms with Gasteiger partial charge in [0, 0.05) is 18.2 Å². The molecule has 0 radical (unpaired) electrons. The molecule has 0 saturated carbocycles. The van der Waals surface area contributed by atoms with Gasteiger partial charge in [-0.3, -0.25) is 0 Å². The SMILES string of the molecule is CCNc1cc(-c2ccccc2F)nc(C)n1. The second kappa shape index (κ2) is 4.91. The molecule has 4 heteroatoms. The predicted octanol–water partition coefficient (Wildman–Crippen LogP) is 3.02. The Morgan fingerprint density at radius 3 is 2.71 bits per heavy atom. The van der Waals surface area contributed by atoms with Gasteiger partial charge in [-0.1, -0.05) is 12.1 Å². The summed E-state index contributed by atoms with van der Waals surface area (Å²) < 4.78 is 13.6. The average molecular weight is 231 g/mol. The van der Waals surface area contributed by atoms with E-state index < -0.39 is 0 Å². The molecule has 1 aromatic heterocycles. The molecule has 2 aromatic rings. The minimum atomic E-state index is -0.270. The first-order valence-electron chi connectivity index (χ1n) is 5.55. The number of anilines is 1. The fourth-order valence-corrected chi connectivity index (χ4v) is 1.65. The minimum Gasteiger partial charge on any atom is -0.370 e. The van der Waals surface area contributed by atoms with Crippen LogP contribution < -0.4 is 5.32 Å². The summed E-state index contributed by atoms with van der Waals surface area (Å²) in [5.74, 6) is 1.08. The molecule has 17 heavy (non-hydrogen) atoms. The molecule has 88 valence electrons. The second-order valence-electron chi connectivity index (χ2n) is 3.70. The molecule has 0 saturated heterocycles. The van der Waals surface area contributed by atoms with Crippen molar-refractivity contribution in [2.24, 2.45) is 0 Å². The molecule has 0 amide bonds. The third kappa shape index (κ3) is 2.58. The highest BCUT2D eigenvalue weighted by atomic mass is 19.1. The molecule has 3 nitrogen and oxygen atoms in total. The molecule has 0 unspecified atom stereocenters. The number of halogens is 1. The third-order valence-corrected chi connectivity index (χ3v) is 2.35. The monoisotopic (exact) mass is 231 g/mol. The molecule has 0 aliphatic carbocycles. The van der Waals surface area contributed by atoms with Crippen LogP contribution in [0.5, 0.6) is 0 Å². The van der Waals surface area contributed by atoms with E-state index in [1.165, 1.54) is 6.07 Å². The maximum Gasteiger partial charge on any atom is 0.132 e. The first-order chi connectivity index (χ1) is 8.20. The number of hydrogen-bond acceptors (Lipinski definition) is 3. The highest BCUT2D eigenvalue weighted by Crippen LogP contribution is 2.22. The molecule has 1 aromatic carbocycles. The fourth-order valence-electron chi connectivity index (χ4n) is 1.65. The number of hydrogen-bond donors (Lipinski definition) is 1. The second-order valence-corrected chi connectivity index (χ2v) is 3.70. The summed E-state index contributed by atoms with van der Waals surface area (Å²) in [6.45, 7) is 4.55. The van der Waals surface area contributed by atoms with Gasteiger partial charge < -0.3 is 5.32 Å². The van der Waals surface area contributed by atoms with Crippen LogP contribution in [-0.4, -0.2) is 16.5 Å². The number of aromatic nitrogens is 2. The summed E-state index contributed by atoms with van der Waals surface area (Å²) in [5.41, 5.74) is 1.10. The Bertz CT molecular complexity index is 526. The summed E-state index contributed by atoms with van der Waals surface area (Å²) in [6.07, 6.45) is 0. The van der Waals surface area contributed by atoms with Gasteiger partial charge in [-0.25, -0.2) is 14.4 Å². The van der Waals surface area contributed by atoms with E-state index in [4.69, 9.17) is 0 Å². The van der Waals surface area contributed by atoms with Gasteiger partial charge in [0.2, 0.25) is 0 Å². The van der Waals surface area contributed by atoms with Gasteiger partial charge in [0.05, 0.1) is 5.69 Å². The van der Waals surface area contributed by atoms with Crippen molar-refractivity contribution >= 4 is 5.82 Å². The molecule has 0 aliphatic heterocycles. The van der Waals surface area contributed by atoms with Gasteiger partial charge in [0.15, 0.2) is 0 Å². The third-order valence-electron chi connectivity index (χ3n) is 2.35. The molecule has 0 spiro atoms. The summed E-state index contributed by atoms with van der Waals surface area (Å²) in [4.78, 5) is 8.49. The van der Waals surface area contributed by atoms with E-state index in [9.17, 15) is 4.39 Å². The van der Waals surface area contributed by atoms with Crippen LogP contribution in [0.1, 0.15) is 12.7 Å². The maximum atomic E-state index is 13.6. The Morgan fingerprint density at radius 1 is 1.24 bits per heavy atom. The van der Waals surface area contributed by atoms with Crippen LogP contribution in [0.3, 0.4) is 0 Å². The average Bonchev–Trinajstić information content (AvgIpc) is 2.29. The van der Waals surface area contributed by atoms with Gasteiger partial charge in [0.1, 0.15) is 17.5 Å². The van der Waals surface area contributed by atoms with Gasteiger partial charge in [-0.2, -0.15) is 0 Å². The first-order valence-corrected chi connectivity index (χ1v) is 5.55. The summed E-state index contributed by atoms with van der Waals surface area (Å²) in [7, 11) is 0. The van der Waals surface area contributed by atoms with Gasteiger partial charge in [0.25, 0.3) is 0 Å². The lowest BCUT2D eigenvalue weighted by atomic mass is 10.1. The smallest absolute Gasteiger partial charge is 0.132 e.